The number of imide groups is 1. The van der Waals surface area contributed by atoms with Crippen LogP contribution in [0.1, 0.15) is 0 Å². The van der Waals surface area contributed by atoms with Crippen LogP contribution in [0.15, 0.2) is 12.1 Å². The Morgan fingerprint density at radius 1 is 1.12 bits per heavy atom. The first-order chi connectivity index (χ1) is 7.50. The number of hydrogen-bond donors (Lipinski definition) is 4. The maximum Gasteiger partial charge on any atom is 0.329 e. The van der Waals surface area contributed by atoms with Gasteiger partial charge in [-0.2, -0.15) is 0 Å². The van der Waals surface area contributed by atoms with E-state index in [1.54, 1.807) is 0 Å². The van der Waals surface area contributed by atoms with Crippen LogP contribution in [0.3, 0.4) is 0 Å². The van der Waals surface area contributed by atoms with E-state index in [9.17, 15) is 19.8 Å². The van der Waals surface area contributed by atoms with Gasteiger partial charge in [0.2, 0.25) is 11.7 Å². The number of anilines is 1. The summed E-state index contributed by atoms with van der Waals surface area (Å²) in [5.74, 6) is -2.39. The lowest BCUT2D eigenvalue weighted by Crippen LogP contribution is -2.27. The summed E-state index contributed by atoms with van der Waals surface area (Å²) in [7, 11) is 0. The second-order valence-corrected chi connectivity index (χ2v) is 3.24. The number of nitrogens with zero attached hydrogens (tertiary/aromatic N) is 1. The van der Waals surface area contributed by atoms with E-state index >= 15 is 0 Å². The van der Waals surface area contributed by atoms with Crippen molar-refractivity contribution in [3.8, 4) is 17.2 Å². The van der Waals surface area contributed by atoms with Crippen LogP contribution in [-0.4, -0.2) is 33.8 Å². The number of nitrogens with one attached hydrogen (secondary N) is 1. The summed E-state index contributed by atoms with van der Waals surface area (Å²) in [6.07, 6.45) is 0. The summed E-state index contributed by atoms with van der Waals surface area (Å²) >= 11 is 0. The molecule has 0 saturated carbocycles. The molecule has 2 rings (SSSR count). The van der Waals surface area contributed by atoms with Gasteiger partial charge in [0.25, 0.3) is 0 Å². The lowest BCUT2D eigenvalue weighted by molar-refractivity contribution is -0.117. The van der Waals surface area contributed by atoms with Crippen LogP contribution in [0.25, 0.3) is 0 Å². The van der Waals surface area contributed by atoms with Gasteiger partial charge in [0, 0.05) is 0 Å². The Hall–Kier alpha value is -2.44. The topological polar surface area (TPSA) is 110 Å². The highest BCUT2D eigenvalue weighted by atomic mass is 16.3. The Labute approximate surface area is 89.5 Å². The van der Waals surface area contributed by atoms with Crippen LogP contribution in [-0.2, 0) is 4.79 Å². The lowest BCUT2D eigenvalue weighted by Gasteiger charge is -2.15. The minimum atomic E-state index is -0.732. The van der Waals surface area contributed by atoms with Crippen molar-refractivity contribution in [2.24, 2.45) is 0 Å². The first-order valence-electron chi connectivity index (χ1n) is 4.36. The average molecular weight is 224 g/mol. The lowest BCUT2D eigenvalue weighted by atomic mass is 10.2. The number of urea groups is 1. The summed E-state index contributed by atoms with van der Waals surface area (Å²) in [6.45, 7) is -0.239. The molecule has 0 atom stereocenters. The number of aromatic hydroxyl groups is 3. The fraction of sp³-hybridized carbons (Fsp3) is 0.111. The minimum absolute atomic E-state index is 0.0429. The maximum atomic E-state index is 11.3. The molecule has 7 nitrogen and oxygen atoms in total. The largest absolute Gasteiger partial charge is 0.504 e. The summed E-state index contributed by atoms with van der Waals surface area (Å²) < 4.78 is 0. The zero-order valence-corrected chi connectivity index (χ0v) is 7.97. The highest BCUT2D eigenvalue weighted by molar-refractivity contribution is 6.12. The summed E-state index contributed by atoms with van der Waals surface area (Å²) in [4.78, 5) is 23.2. The van der Waals surface area contributed by atoms with Gasteiger partial charge in [0.1, 0.15) is 6.54 Å². The van der Waals surface area contributed by atoms with Crippen LogP contribution < -0.4 is 10.2 Å². The van der Waals surface area contributed by atoms with Gasteiger partial charge in [0.05, 0.1) is 5.69 Å². The molecular weight excluding hydrogens is 216 g/mol. The van der Waals surface area contributed by atoms with Crippen molar-refractivity contribution in [2.75, 3.05) is 11.4 Å². The molecule has 1 aromatic rings. The molecule has 0 spiro atoms. The SMILES string of the molecule is O=C1CN(c2ccc(O)c(O)c2O)C(=O)N1. The number of amides is 3. The fourth-order valence-electron chi connectivity index (χ4n) is 1.41. The number of rotatable bonds is 1. The zero-order valence-electron chi connectivity index (χ0n) is 7.97. The van der Waals surface area contributed by atoms with Crippen LogP contribution in [0, 0.1) is 0 Å². The fourth-order valence-corrected chi connectivity index (χ4v) is 1.41. The van der Waals surface area contributed by atoms with Gasteiger partial charge in [-0.1, -0.05) is 0 Å². The van der Waals surface area contributed by atoms with E-state index in [1.807, 2.05) is 5.32 Å². The minimum Gasteiger partial charge on any atom is -0.504 e. The third-order valence-electron chi connectivity index (χ3n) is 2.19. The standard InChI is InChI=1S/C9H8N2O5/c12-5-2-1-4(7(14)8(5)15)11-3-6(13)10-9(11)16/h1-2,12,14-15H,3H2,(H,10,13,16). The Balaban J connectivity index is 2.45. The average Bonchev–Trinajstić information content (AvgIpc) is 2.55. The molecule has 0 radical (unpaired) electrons. The smallest absolute Gasteiger partial charge is 0.329 e. The van der Waals surface area contributed by atoms with Gasteiger partial charge in [-0.3, -0.25) is 15.0 Å². The molecule has 1 fully saturated rings. The predicted octanol–water partition coefficient (Wildman–Crippen LogP) is -0.140. The normalized spacial score (nSPS) is 15.4. The number of hydrogen-bond acceptors (Lipinski definition) is 5. The summed E-state index contributed by atoms with van der Waals surface area (Å²) in [5, 5.41) is 29.9. The van der Waals surface area contributed by atoms with Crippen molar-refractivity contribution in [1.82, 2.24) is 5.32 Å². The summed E-state index contributed by atoms with van der Waals surface area (Å²) in [5.41, 5.74) is -0.0429. The van der Waals surface area contributed by atoms with Crippen LogP contribution in [0.2, 0.25) is 0 Å². The molecule has 3 amide bonds. The number of benzene rings is 1. The second kappa shape index (κ2) is 3.30. The Morgan fingerprint density at radius 3 is 2.38 bits per heavy atom. The molecule has 84 valence electrons. The van der Waals surface area contributed by atoms with E-state index < -0.39 is 29.2 Å². The highest BCUT2D eigenvalue weighted by Crippen LogP contribution is 2.42. The molecule has 1 aliphatic heterocycles. The van der Waals surface area contributed by atoms with Crippen molar-refractivity contribution in [3.05, 3.63) is 12.1 Å². The van der Waals surface area contributed by atoms with E-state index in [0.29, 0.717) is 0 Å². The molecule has 0 aliphatic carbocycles. The van der Waals surface area contributed by atoms with Crippen molar-refractivity contribution in [1.29, 1.82) is 0 Å². The predicted molar refractivity (Wildman–Crippen MR) is 52.3 cm³/mol. The van der Waals surface area contributed by atoms with Crippen molar-refractivity contribution in [2.45, 2.75) is 0 Å². The van der Waals surface area contributed by atoms with Gasteiger partial charge in [-0.25, -0.2) is 4.79 Å². The molecule has 1 heterocycles. The van der Waals surface area contributed by atoms with Crippen LogP contribution in [0.4, 0.5) is 10.5 Å². The molecule has 0 aromatic heterocycles. The number of phenols is 3. The molecule has 1 saturated heterocycles. The molecule has 0 bridgehead atoms. The van der Waals surface area contributed by atoms with Crippen LogP contribution >= 0.6 is 0 Å². The van der Waals surface area contributed by atoms with E-state index in [1.165, 1.54) is 6.07 Å². The molecule has 1 aliphatic rings. The maximum absolute atomic E-state index is 11.3. The number of carbonyl (C=O) groups excluding carboxylic acids is 2. The van der Waals surface area contributed by atoms with Crippen molar-refractivity contribution in [3.63, 3.8) is 0 Å². The van der Waals surface area contributed by atoms with Crippen molar-refractivity contribution < 1.29 is 24.9 Å². The van der Waals surface area contributed by atoms with Gasteiger partial charge >= 0.3 is 6.03 Å². The number of carbonyl (C=O) groups is 2. The van der Waals surface area contributed by atoms with E-state index in [-0.39, 0.29) is 12.2 Å². The zero-order chi connectivity index (χ0) is 11.9. The van der Waals surface area contributed by atoms with E-state index in [4.69, 9.17) is 5.11 Å². The molecule has 16 heavy (non-hydrogen) atoms. The Kier molecular flexibility index (Phi) is 2.08. The molecule has 1 aromatic carbocycles. The Morgan fingerprint density at radius 2 is 1.81 bits per heavy atom. The van der Waals surface area contributed by atoms with Crippen molar-refractivity contribution >= 4 is 17.6 Å². The molecular formula is C9H8N2O5. The third kappa shape index (κ3) is 1.38. The molecule has 7 heteroatoms. The molecule has 0 unspecified atom stereocenters. The van der Waals surface area contributed by atoms with Gasteiger partial charge in [-0.05, 0) is 12.1 Å². The van der Waals surface area contributed by atoms with Crippen LogP contribution in [0.5, 0.6) is 17.2 Å². The highest BCUT2D eigenvalue weighted by Gasteiger charge is 2.30. The number of phenolic OH excluding ortho intramolecular Hbond substituents is 3. The second-order valence-electron chi connectivity index (χ2n) is 3.24. The van der Waals surface area contributed by atoms with Gasteiger partial charge < -0.3 is 15.3 Å². The summed E-state index contributed by atoms with van der Waals surface area (Å²) in [6, 6.07) is 1.65. The van der Waals surface area contributed by atoms with E-state index in [0.717, 1.165) is 11.0 Å². The molecule has 4 N–H and O–H groups in total. The quantitative estimate of drug-likeness (QED) is 0.392. The van der Waals surface area contributed by atoms with Gasteiger partial charge in [0.15, 0.2) is 11.5 Å². The third-order valence-corrected chi connectivity index (χ3v) is 2.19. The Bertz CT molecular complexity index is 485. The van der Waals surface area contributed by atoms with E-state index in [2.05, 4.69) is 0 Å². The first kappa shape index (κ1) is 10.1. The monoisotopic (exact) mass is 224 g/mol. The van der Waals surface area contributed by atoms with Gasteiger partial charge in [-0.15, -0.1) is 0 Å². The first-order valence-corrected chi connectivity index (χ1v) is 4.36.